The van der Waals surface area contributed by atoms with Crippen LogP contribution in [0.3, 0.4) is 0 Å². The van der Waals surface area contributed by atoms with Gasteiger partial charge in [-0.15, -0.1) is 11.3 Å². The average molecular weight is 243 g/mol. The molecule has 17 heavy (non-hydrogen) atoms. The maximum Gasteiger partial charge on any atom is 0.125 e. The summed E-state index contributed by atoms with van der Waals surface area (Å²) >= 11 is 1.72. The van der Waals surface area contributed by atoms with E-state index >= 15 is 0 Å². The molecule has 0 spiro atoms. The number of benzene rings is 1. The molecular weight excluding hydrogens is 230 g/mol. The lowest BCUT2D eigenvalue weighted by Gasteiger charge is -2.07. The van der Waals surface area contributed by atoms with Crippen molar-refractivity contribution in [3.63, 3.8) is 0 Å². The van der Waals surface area contributed by atoms with E-state index in [1.807, 2.05) is 31.2 Å². The topological polar surface area (TPSA) is 39.2 Å². The van der Waals surface area contributed by atoms with E-state index in [0.29, 0.717) is 0 Å². The minimum Gasteiger partial charge on any atom is -0.464 e. The lowest BCUT2D eigenvalue weighted by atomic mass is 10.0. The van der Waals surface area contributed by atoms with Crippen molar-refractivity contribution >= 4 is 21.4 Å². The fourth-order valence-electron chi connectivity index (χ4n) is 2.01. The van der Waals surface area contributed by atoms with Crippen LogP contribution in [-0.2, 0) is 0 Å². The van der Waals surface area contributed by atoms with Crippen LogP contribution < -0.4 is 5.73 Å². The van der Waals surface area contributed by atoms with Gasteiger partial charge in [-0.05, 0) is 41.5 Å². The number of thiophene rings is 1. The van der Waals surface area contributed by atoms with Gasteiger partial charge >= 0.3 is 0 Å². The van der Waals surface area contributed by atoms with Crippen molar-refractivity contribution in [2.45, 2.75) is 13.0 Å². The first-order chi connectivity index (χ1) is 8.25. The van der Waals surface area contributed by atoms with Crippen LogP contribution in [0.2, 0.25) is 0 Å². The molecule has 3 rings (SSSR count). The number of hydrogen-bond acceptors (Lipinski definition) is 3. The molecule has 2 heterocycles. The number of furan rings is 1. The Morgan fingerprint density at radius 3 is 2.76 bits per heavy atom. The molecule has 1 unspecified atom stereocenters. The summed E-state index contributed by atoms with van der Waals surface area (Å²) in [6, 6.07) is 12.0. The third-order valence-corrected chi connectivity index (χ3v) is 3.90. The molecule has 0 aliphatic heterocycles. The second-order valence-electron chi connectivity index (χ2n) is 4.11. The van der Waals surface area contributed by atoms with Gasteiger partial charge in [0.2, 0.25) is 0 Å². The molecule has 2 nitrogen and oxygen atoms in total. The molecule has 0 fully saturated rings. The predicted molar refractivity (Wildman–Crippen MR) is 71.3 cm³/mol. The van der Waals surface area contributed by atoms with Crippen molar-refractivity contribution in [3.8, 4) is 0 Å². The molecule has 3 aromatic rings. The average Bonchev–Trinajstić information content (AvgIpc) is 2.94. The molecule has 1 atom stereocenters. The summed E-state index contributed by atoms with van der Waals surface area (Å²) < 4.78 is 6.86. The molecule has 0 bridgehead atoms. The van der Waals surface area contributed by atoms with Crippen LogP contribution in [0.4, 0.5) is 0 Å². The summed E-state index contributed by atoms with van der Waals surface area (Å²) in [4.78, 5) is 0. The SMILES string of the molecule is Cc1ccc(C(N)c2csc3ccccc23)o1. The van der Waals surface area contributed by atoms with Gasteiger partial charge in [0.1, 0.15) is 11.5 Å². The van der Waals surface area contributed by atoms with Crippen LogP contribution in [0.25, 0.3) is 10.1 Å². The summed E-state index contributed by atoms with van der Waals surface area (Å²) in [5, 5.41) is 3.34. The largest absolute Gasteiger partial charge is 0.464 e. The van der Waals surface area contributed by atoms with E-state index in [2.05, 4.69) is 17.5 Å². The van der Waals surface area contributed by atoms with Gasteiger partial charge in [0.15, 0.2) is 0 Å². The zero-order valence-electron chi connectivity index (χ0n) is 9.51. The smallest absolute Gasteiger partial charge is 0.125 e. The minimum atomic E-state index is -0.181. The van der Waals surface area contributed by atoms with Gasteiger partial charge in [-0.2, -0.15) is 0 Å². The van der Waals surface area contributed by atoms with Gasteiger partial charge in [0.05, 0.1) is 6.04 Å². The summed E-state index contributed by atoms with van der Waals surface area (Å²) in [5.41, 5.74) is 7.39. The molecule has 1 aromatic carbocycles. The maximum absolute atomic E-state index is 6.25. The summed E-state index contributed by atoms with van der Waals surface area (Å²) in [6.45, 7) is 1.93. The molecule has 0 saturated heterocycles. The van der Waals surface area contributed by atoms with Crippen molar-refractivity contribution in [1.29, 1.82) is 0 Å². The van der Waals surface area contributed by atoms with E-state index in [1.54, 1.807) is 11.3 Å². The van der Waals surface area contributed by atoms with Gasteiger partial charge in [-0.25, -0.2) is 0 Å². The number of rotatable bonds is 2. The Bertz CT molecular complexity index is 653. The van der Waals surface area contributed by atoms with Gasteiger partial charge in [-0.1, -0.05) is 18.2 Å². The first kappa shape index (κ1) is 10.6. The van der Waals surface area contributed by atoms with Crippen LogP contribution in [0.1, 0.15) is 23.1 Å². The van der Waals surface area contributed by atoms with Crippen LogP contribution in [0.15, 0.2) is 46.2 Å². The van der Waals surface area contributed by atoms with Gasteiger partial charge in [-0.3, -0.25) is 0 Å². The normalized spacial score (nSPS) is 13.1. The lowest BCUT2D eigenvalue weighted by molar-refractivity contribution is 0.467. The second kappa shape index (κ2) is 4.02. The van der Waals surface area contributed by atoms with E-state index in [0.717, 1.165) is 17.1 Å². The summed E-state index contributed by atoms with van der Waals surface area (Å²) in [7, 11) is 0. The van der Waals surface area contributed by atoms with Crippen LogP contribution in [-0.4, -0.2) is 0 Å². The fraction of sp³-hybridized carbons (Fsp3) is 0.143. The maximum atomic E-state index is 6.25. The Kier molecular flexibility index (Phi) is 2.50. The highest BCUT2D eigenvalue weighted by Gasteiger charge is 2.16. The highest BCUT2D eigenvalue weighted by Crippen LogP contribution is 2.32. The van der Waals surface area contributed by atoms with E-state index in [-0.39, 0.29) is 6.04 Å². The molecule has 0 radical (unpaired) electrons. The molecule has 2 N–H and O–H groups in total. The monoisotopic (exact) mass is 243 g/mol. The quantitative estimate of drug-likeness (QED) is 0.742. The number of nitrogens with two attached hydrogens (primary N) is 1. The zero-order chi connectivity index (χ0) is 11.8. The number of fused-ring (bicyclic) bond motifs is 1. The zero-order valence-corrected chi connectivity index (χ0v) is 10.3. The van der Waals surface area contributed by atoms with Crippen molar-refractivity contribution in [2.75, 3.05) is 0 Å². The van der Waals surface area contributed by atoms with Gasteiger partial charge < -0.3 is 10.2 Å². The molecule has 86 valence electrons. The predicted octanol–water partition coefficient (Wildman–Crippen LogP) is 3.85. The fourth-order valence-corrected chi connectivity index (χ4v) is 3.01. The van der Waals surface area contributed by atoms with E-state index in [1.165, 1.54) is 10.1 Å². The Balaban J connectivity index is 2.09. The molecule has 0 aliphatic rings. The third-order valence-electron chi connectivity index (χ3n) is 2.91. The van der Waals surface area contributed by atoms with Crippen LogP contribution in [0.5, 0.6) is 0 Å². The number of hydrogen-bond donors (Lipinski definition) is 1. The molecule has 2 aromatic heterocycles. The summed E-state index contributed by atoms with van der Waals surface area (Å²) in [6.07, 6.45) is 0. The van der Waals surface area contributed by atoms with Gasteiger partial charge in [0, 0.05) is 4.70 Å². The van der Waals surface area contributed by atoms with E-state index in [4.69, 9.17) is 10.2 Å². The first-order valence-corrected chi connectivity index (χ1v) is 6.42. The van der Waals surface area contributed by atoms with Crippen LogP contribution >= 0.6 is 11.3 Å². The van der Waals surface area contributed by atoms with Crippen molar-refractivity contribution in [3.05, 3.63) is 58.9 Å². The Morgan fingerprint density at radius 1 is 1.18 bits per heavy atom. The third kappa shape index (κ3) is 1.77. The standard InChI is InChI=1S/C14H13NOS/c1-9-6-7-12(16-9)14(15)11-8-17-13-5-3-2-4-10(11)13/h2-8,14H,15H2,1H3. The lowest BCUT2D eigenvalue weighted by Crippen LogP contribution is -2.10. The Labute approximate surface area is 104 Å². The Morgan fingerprint density at radius 2 is 2.00 bits per heavy atom. The summed E-state index contributed by atoms with van der Waals surface area (Å²) in [5.74, 6) is 1.72. The highest BCUT2D eigenvalue weighted by molar-refractivity contribution is 7.17. The van der Waals surface area contributed by atoms with E-state index < -0.39 is 0 Å². The molecule has 3 heteroatoms. The van der Waals surface area contributed by atoms with Gasteiger partial charge in [0.25, 0.3) is 0 Å². The van der Waals surface area contributed by atoms with Crippen LogP contribution in [0, 0.1) is 6.92 Å². The molecule has 0 saturated carbocycles. The second-order valence-corrected chi connectivity index (χ2v) is 5.02. The minimum absolute atomic E-state index is 0.181. The molecule has 0 aliphatic carbocycles. The number of aryl methyl sites for hydroxylation is 1. The first-order valence-electron chi connectivity index (χ1n) is 5.54. The molecular formula is C14H13NOS. The van der Waals surface area contributed by atoms with Crippen molar-refractivity contribution in [2.24, 2.45) is 5.73 Å². The van der Waals surface area contributed by atoms with Crippen molar-refractivity contribution < 1.29 is 4.42 Å². The van der Waals surface area contributed by atoms with Crippen molar-refractivity contribution in [1.82, 2.24) is 0 Å². The molecule has 0 amide bonds. The van der Waals surface area contributed by atoms with E-state index in [9.17, 15) is 0 Å². The Hall–Kier alpha value is -1.58. The highest BCUT2D eigenvalue weighted by atomic mass is 32.1.